The first-order valence-electron chi connectivity index (χ1n) is 7.04. The van der Waals surface area contributed by atoms with Crippen LogP contribution in [0.1, 0.15) is 29.9 Å². The molecule has 0 unspecified atom stereocenters. The van der Waals surface area contributed by atoms with E-state index in [1.165, 1.54) is 34.4 Å². The van der Waals surface area contributed by atoms with Crippen molar-refractivity contribution in [3.8, 4) is 0 Å². The molecule has 0 aliphatic heterocycles. The Labute approximate surface area is 122 Å². The van der Waals surface area contributed by atoms with Crippen molar-refractivity contribution >= 4 is 27.2 Å². The molecule has 0 saturated heterocycles. The average Bonchev–Trinajstić information content (AvgIpc) is 3.24. The number of aromatic nitrogens is 1. The number of benzene rings is 2. The third-order valence-electron chi connectivity index (χ3n) is 3.83. The van der Waals surface area contributed by atoms with E-state index in [4.69, 9.17) is 0 Å². The number of fused-ring (bicyclic) bond motifs is 1. The molecule has 1 aliphatic rings. The maximum atomic E-state index is 4.31. The number of nitrogens with zero attached hydrogens (tertiary/aromatic N) is 1. The number of anilines is 1. The maximum Gasteiger partial charge on any atom is 0.0813 e. The van der Waals surface area contributed by atoms with Gasteiger partial charge in [0, 0.05) is 12.2 Å². The Kier molecular flexibility index (Phi) is 2.92. The van der Waals surface area contributed by atoms with E-state index in [1.807, 2.05) is 5.51 Å². The molecule has 100 valence electrons. The average molecular weight is 280 g/mol. The molecule has 1 aliphatic carbocycles. The smallest absolute Gasteiger partial charge is 0.0813 e. The zero-order valence-corrected chi connectivity index (χ0v) is 12.0. The van der Waals surface area contributed by atoms with Crippen molar-refractivity contribution in [2.24, 2.45) is 0 Å². The summed E-state index contributed by atoms with van der Waals surface area (Å²) in [4.78, 5) is 4.31. The Morgan fingerprint density at radius 2 is 2.10 bits per heavy atom. The summed E-state index contributed by atoms with van der Waals surface area (Å²) in [6.45, 7) is 0.880. The standard InChI is InChI=1S/C17H16N2S/c1-2-12(8-14(3-1)13-4-5-13)10-18-15-6-7-16-17(9-15)20-11-19-16/h1-3,6-9,11,13,18H,4-5,10H2. The molecule has 0 radical (unpaired) electrons. The molecule has 4 rings (SSSR count). The van der Waals surface area contributed by atoms with E-state index >= 15 is 0 Å². The first-order chi connectivity index (χ1) is 9.88. The van der Waals surface area contributed by atoms with E-state index in [2.05, 4.69) is 52.8 Å². The largest absolute Gasteiger partial charge is 0.381 e. The van der Waals surface area contributed by atoms with Crippen molar-refractivity contribution in [2.75, 3.05) is 5.32 Å². The third kappa shape index (κ3) is 2.41. The molecular formula is C17H16N2S. The normalized spacial score (nSPS) is 14.6. The van der Waals surface area contributed by atoms with Gasteiger partial charge in [0.05, 0.1) is 15.7 Å². The molecule has 1 N–H and O–H groups in total. The van der Waals surface area contributed by atoms with Crippen LogP contribution in [0, 0.1) is 0 Å². The van der Waals surface area contributed by atoms with Gasteiger partial charge in [-0.1, -0.05) is 24.3 Å². The highest BCUT2D eigenvalue weighted by atomic mass is 32.1. The van der Waals surface area contributed by atoms with E-state index in [-0.39, 0.29) is 0 Å². The van der Waals surface area contributed by atoms with Crippen molar-refractivity contribution in [1.29, 1.82) is 0 Å². The quantitative estimate of drug-likeness (QED) is 0.743. The highest BCUT2D eigenvalue weighted by Gasteiger charge is 2.23. The molecule has 0 bridgehead atoms. The van der Waals surface area contributed by atoms with E-state index in [1.54, 1.807) is 11.3 Å². The number of hydrogen-bond donors (Lipinski definition) is 1. The zero-order chi connectivity index (χ0) is 13.4. The molecule has 0 spiro atoms. The fraction of sp³-hybridized carbons (Fsp3) is 0.235. The summed E-state index contributed by atoms with van der Waals surface area (Å²) < 4.78 is 1.24. The van der Waals surface area contributed by atoms with Gasteiger partial charge in [-0.2, -0.15) is 0 Å². The lowest BCUT2D eigenvalue weighted by Crippen LogP contribution is -1.99. The SMILES string of the molecule is c1cc(CNc2ccc3ncsc3c2)cc(C2CC2)c1. The number of thiazole rings is 1. The Balaban J connectivity index is 1.50. The van der Waals surface area contributed by atoms with Crippen molar-refractivity contribution in [3.63, 3.8) is 0 Å². The highest BCUT2D eigenvalue weighted by molar-refractivity contribution is 7.16. The van der Waals surface area contributed by atoms with Crippen LogP contribution in [0.25, 0.3) is 10.2 Å². The van der Waals surface area contributed by atoms with Crippen molar-refractivity contribution < 1.29 is 0 Å². The number of rotatable bonds is 4. The van der Waals surface area contributed by atoms with Gasteiger partial charge < -0.3 is 5.32 Å². The number of nitrogens with one attached hydrogen (secondary N) is 1. The summed E-state index contributed by atoms with van der Waals surface area (Å²) in [6.07, 6.45) is 2.72. The second kappa shape index (κ2) is 4.91. The molecule has 1 fully saturated rings. The predicted molar refractivity (Wildman–Crippen MR) is 85.4 cm³/mol. The minimum Gasteiger partial charge on any atom is -0.381 e. The van der Waals surface area contributed by atoms with Gasteiger partial charge in [0.2, 0.25) is 0 Å². The van der Waals surface area contributed by atoms with Gasteiger partial charge in [-0.05, 0) is 48.1 Å². The molecule has 0 atom stereocenters. The van der Waals surface area contributed by atoms with Crippen LogP contribution in [-0.2, 0) is 6.54 Å². The van der Waals surface area contributed by atoms with Crippen molar-refractivity contribution in [1.82, 2.24) is 4.98 Å². The van der Waals surface area contributed by atoms with Gasteiger partial charge in [-0.15, -0.1) is 11.3 Å². The topological polar surface area (TPSA) is 24.9 Å². The summed E-state index contributed by atoms with van der Waals surface area (Å²) in [5.41, 5.74) is 7.00. The van der Waals surface area contributed by atoms with Crippen LogP contribution in [-0.4, -0.2) is 4.98 Å². The molecule has 2 nitrogen and oxygen atoms in total. The van der Waals surface area contributed by atoms with Crippen molar-refractivity contribution in [2.45, 2.75) is 25.3 Å². The minimum atomic E-state index is 0.823. The van der Waals surface area contributed by atoms with Gasteiger partial charge in [0.15, 0.2) is 0 Å². The van der Waals surface area contributed by atoms with Gasteiger partial charge in [0.25, 0.3) is 0 Å². The van der Waals surface area contributed by atoms with Crippen molar-refractivity contribution in [3.05, 3.63) is 59.1 Å². The predicted octanol–water partition coefficient (Wildman–Crippen LogP) is 4.79. The molecule has 20 heavy (non-hydrogen) atoms. The molecule has 3 heteroatoms. The fourth-order valence-corrected chi connectivity index (χ4v) is 3.26. The summed E-state index contributed by atoms with van der Waals surface area (Å²) in [6, 6.07) is 15.3. The molecular weight excluding hydrogens is 264 g/mol. The molecule has 1 aromatic heterocycles. The Morgan fingerprint density at radius 1 is 1.15 bits per heavy atom. The summed E-state index contributed by atoms with van der Waals surface area (Å²) in [7, 11) is 0. The highest BCUT2D eigenvalue weighted by Crippen LogP contribution is 2.40. The van der Waals surface area contributed by atoms with Gasteiger partial charge in [-0.25, -0.2) is 4.98 Å². The number of hydrogen-bond acceptors (Lipinski definition) is 3. The Morgan fingerprint density at radius 3 is 3.00 bits per heavy atom. The van der Waals surface area contributed by atoms with Crippen LogP contribution in [0.4, 0.5) is 5.69 Å². The van der Waals surface area contributed by atoms with Gasteiger partial charge in [0.1, 0.15) is 0 Å². The molecule has 1 saturated carbocycles. The summed E-state index contributed by atoms with van der Waals surface area (Å²) in [5, 5.41) is 3.51. The lowest BCUT2D eigenvalue weighted by atomic mass is 10.1. The van der Waals surface area contributed by atoms with Gasteiger partial charge in [-0.3, -0.25) is 0 Å². The first-order valence-corrected chi connectivity index (χ1v) is 7.92. The second-order valence-electron chi connectivity index (χ2n) is 5.41. The van der Waals surface area contributed by atoms with E-state index in [9.17, 15) is 0 Å². The van der Waals surface area contributed by atoms with Crippen LogP contribution in [0.15, 0.2) is 48.0 Å². The van der Waals surface area contributed by atoms with Crippen LogP contribution in [0.3, 0.4) is 0 Å². The summed E-state index contributed by atoms with van der Waals surface area (Å²) >= 11 is 1.69. The first kappa shape index (κ1) is 11.9. The molecule has 1 heterocycles. The van der Waals surface area contributed by atoms with Crippen LogP contribution in [0.2, 0.25) is 0 Å². The lowest BCUT2D eigenvalue weighted by Gasteiger charge is -2.08. The fourth-order valence-electron chi connectivity index (χ4n) is 2.54. The monoisotopic (exact) mass is 280 g/mol. The second-order valence-corrected chi connectivity index (χ2v) is 6.29. The third-order valence-corrected chi connectivity index (χ3v) is 4.62. The molecule has 0 amide bonds. The summed E-state index contributed by atoms with van der Waals surface area (Å²) in [5.74, 6) is 0.823. The van der Waals surface area contributed by atoms with E-state index < -0.39 is 0 Å². The Bertz CT molecular complexity index is 743. The maximum absolute atomic E-state index is 4.31. The van der Waals surface area contributed by atoms with Crippen LogP contribution >= 0.6 is 11.3 Å². The molecule has 2 aromatic carbocycles. The van der Waals surface area contributed by atoms with E-state index in [0.717, 1.165) is 18.0 Å². The van der Waals surface area contributed by atoms with E-state index in [0.29, 0.717) is 0 Å². The lowest BCUT2D eigenvalue weighted by molar-refractivity contribution is 1.09. The van der Waals surface area contributed by atoms with Crippen LogP contribution in [0.5, 0.6) is 0 Å². The van der Waals surface area contributed by atoms with Crippen LogP contribution < -0.4 is 5.32 Å². The van der Waals surface area contributed by atoms with Gasteiger partial charge >= 0.3 is 0 Å². The Hall–Kier alpha value is -1.87. The zero-order valence-electron chi connectivity index (χ0n) is 11.2. The molecule has 3 aromatic rings. The minimum absolute atomic E-state index is 0.823.